The van der Waals surface area contributed by atoms with E-state index in [4.69, 9.17) is 4.74 Å². The Morgan fingerprint density at radius 1 is 1.27 bits per heavy atom. The molecule has 0 aromatic heterocycles. The van der Waals surface area contributed by atoms with E-state index >= 15 is 0 Å². The largest absolute Gasteiger partial charge is 0.494 e. The highest BCUT2D eigenvalue weighted by Gasteiger charge is 2.18. The van der Waals surface area contributed by atoms with Crippen LogP contribution in [0, 0.1) is 5.82 Å². The number of benzene rings is 1. The van der Waals surface area contributed by atoms with Crippen molar-refractivity contribution in [3.8, 4) is 5.75 Å². The Bertz CT molecular complexity index is 326. The lowest BCUT2D eigenvalue weighted by Gasteiger charge is -2.20. The summed E-state index contributed by atoms with van der Waals surface area (Å²) >= 11 is 0. The fraction of sp³-hybridized carbons (Fsp3) is 0.538. The third kappa shape index (κ3) is 3.22. The van der Waals surface area contributed by atoms with Gasteiger partial charge in [-0.3, -0.25) is 0 Å². The van der Waals surface area contributed by atoms with Gasteiger partial charge >= 0.3 is 0 Å². The molecule has 1 rings (SSSR count). The molecule has 1 nitrogen and oxygen atoms in total. The van der Waals surface area contributed by atoms with Crippen LogP contribution in [-0.4, -0.2) is 6.61 Å². The summed E-state index contributed by atoms with van der Waals surface area (Å²) in [6.07, 6.45) is 0.961. The zero-order valence-electron chi connectivity index (χ0n) is 9.93. The predicted octanol–water partition coefficient (Wildman–Crippen LogP) is 3.91. The minimum atomic E-state index is -0.185. The molecule has 0 fully saturated rings. The number of rotatable bonds is 3. The molecule has 0 radical (unpaired) electrons. The lowest BCUT2D eigenvalue weighted by atomic mass is 9.86. The number of halogens is 1. The number of hydrogen-bond acceptors (Lipinski definition) is 1. The minimum absolute atomic E-state index is 0.161. The van der Waals surface area contributed by atoms with Crippen LogP contribution in [0.1, 0.15) is 39.7 Å². The van der Waals surface area contributed by atoms with Crippen LogP contribution in [-0.2, 0) is 5.41 Å². The SMILES string of the molecule is CCCOc1ccc(F)c(C(C)(C)C)c1. The molecular weight excluding hydrogens is 191 g/mol. The van der Waals surface area contributed by atoms with Crippen LogP contribution in [0.5, 0.6) is 5.75 Å². The monoisotopic (exact) mass is 210 g/mol. The van der Waals surface area contributed by atoms with Crippen LogP contribution in [0.3, 0.4) is 0 Å². The quantitative estimate of drug-likeness (QED) is 0.735. The van der Waals surface area contributed by atoms with Crippen molar-refractivity contribution in [2.75, 3.05) is 6.61 Å². The van der Waals surface area contributed by atoms with E-state index in [-0.39, 0.29) is 11.2 Å². The lowest BCUT2D eigenvalue weighted by molar-refractivity contribution is 0.315. The van der Waals surface area contributed by atoms with E-state index in [1.165, 1.54) is 6.07 Å². The van der Waals surface area contributed by atoms with Gasteiger partial charge < -0.3 is 4.74 Å². The van der Waals surface area contributed by atoms with Gasteiger partial charge in [-0.05, 0) is 35.6 Å². The molecule has 2 heteroatoms. The van der Waals surface area contributed by atoms with Crippen molar-refractivity contribution in [1.29, 1.82) is 0 Å². The summed E-state index contributed by atoms with van der Waals surface area (Å²) in [6.45, 7) is 8.71. The molecule has 0 aliphatic heterocycles. The first-order chi connectivity index (χ1) is 6.95. The molecular formula is C13H19FO. The zero-order chi connectivity index (χ0) is 11.5. The van der Waals surface area contributed by atoms with Gasteiger partial charge in [-0.1, -0.05) is 27.7 Å². The van der Waals surface area contributed by atoms with Crippen LogP contribution in [0.15, 0.2) is 18.2 Å². The first kappa shape index (κ1) is 12.0. The zero-order valence-corrected chi connectivity index (χ0v) is 9.93. The van der Waals surface area contributed by atoms with E-state index in [2.05, 4.69) is 0 Å². The summed E-state index contributed by atoms with van der Waals surface area (Å²) in [5.41, 5.74) is 0.520. The van der Waals surface area contributed by atoms with Crippen molar-refractivity contribution >= 4 is 0 Å². The molecule has 0 bridgehead atoms. The first-order valence-electron chi connectivity index (χ1n) is 5.38. The van der Waals surface area contributed by atoms with Crippen LogP contribution < -0.4 is 4.74 Å². The maximum atomic E-state index is 13.5. The second-order valence-electron chi connectivity index (χ2n) is 4.74. The van der Waals surface area contributed by atoms with E-state index in [1.54, 1.807) is 12.1 Å². The molecule has 84 valence electrons. The van der Waals surface area contributed by atoms with Crippen molar-refractivity contribution in [1.82, 2.24) is 0 Å². The molecule has 0 unspecified atom stereocenters. The van der Waals surface area contributed by atoms with E-state index in [0.29, 0.717) is 12.2 Å². The van der Waals surface area contributed by atoms with Crippen LogP contribution in [0.25, 0.3) is 0 Å². The first-order valence-corrected chi connectivity index (χ1v) is 5.38. The third-order valence-corrected chi connectivity index (χ3v) is 2.22. The number of ether oxygens (including phenoxy) is 1. The van der Waals surface area contributed by atoms with Gasteiger partial charge in [-0.15, -0.1) is 0 Å². The second kappa shape index (κ2) is 4.65. The summed E-state index contributed by atoms with van der Waals surface area (Å²) in [7, 11) is 0. The van der Waals surface area contributed by atoms with Crippen molar-refractivity contribution in [3.63, 3.8) is 0 Å². The Hall–Kier alpha value is -1.05. The Labute approximate surface area is 91.3 Å². The van der Waals surface area contributed by atoms with Crippen LogP contribution in [0.4, 0.5) is 4.39 Å². The summed E-state index contributed by atoms with van der Waals surface area (Å²) < 4.78 is 19.0. The Morgan fingerprint density at radius 2 is 1.93 bits per heavy atom. The van der Waals surface area contributed by atoms with Crippen molar-refractivity contribution < 1.29 is 9.13 Å². The molecule has 0 aliphatic carbocycles. The fourth-order valence-electron chi connectivity index (χ4n) is 1.39. The Morgan fingerprint density at radius 3 is 2.47 bits per heavy atom. The average molecular weight is 210 g/mol. The highest BCUT2D eigenvalue weighted by atomic mass is 19.1. The normalized spacial score (nSPS) is 11.5. The van der Waals surface area contributed by atoms with Crippen LogP contribution in [0.2, 0.25) is 0 Å². The van der Waals surface area contributed by atoms with Crippen LogP contribution >= 0.6 is 0 Å². The molecule has 0 N–H and O–H groups in total. The van der Waals surface area contributed by atoms with Gasteiger partial charge in [0.25, 0.3) is 0 Å². The molecule has 1 aromatic rings. The lowest BCUT2D eigenvalue weighted by Crippen LogP contribution is -2.13. The molecule has 0 amide bonds. The van der Waals surface area contributed by atoms with Gasteiger partial charge in [-0.2, -0.15) is 0 Å². The minimum Gasteiger partial charge on any atom is -0.494 e. The fourth-order valence-corrected chi connectivity index (χ4v) is 1.39. The van der Waals surface area contributed by atoms with E-state index in [1.807, 2.05) is 27.7 Å². The highest BCUT2D eigenvalue weighted by molar-refractivity contribution is 5.33. The third-order valence-electron chi connectivity index (χ3n) is 2.22. The maximum absolute atomic E-state index is 13.5. The van der Waals surface area contributed by atoms with Crippen molar-refractivity contribution in [3.05, 3.63) is 29.6 Å². The molecule has 0 saturated carbocycles. The number of hydrogen-bond donors (Lipinski definition) is 0. The molecule has 0 heterocycles. The van der Waals surface area contributed by atoms with Gasteiger partial charge in [0, 0.05) is 0 Å². The molecule has 0 saturated heterocycles. The highest BCUT2D eigenvalue weighted by Crippen LogP contribution is 2.28. The van der Waals surface area contributed by atoms with Gasteiger partial charge in [0.1, 0.15) is 11.6 Å². The Balaban J connectivity index is 2.95. The van der Waals surface area contributed by atoms with E-state index < -0.39 is 0 Å². The van der Waals surface area contributed by atoms with Crippen molar-refractivity contribution in [2.24, 2.45) is 0 Å². The second-order valence-corrected chi connectivity index (χ2v) is 4.74. The molecule has 1 aromatic carbocycles. The maximum Gasteiger partial charge on any atom is 0.127 e. The van der Waals surface area contributed by atoms with Gasteiger partial charge in [0.15, 0.2) is 0 Å². The van der Waals surface area contributed by atoms with Crippen molar-refractivity contribution in [2.45, 2.75) is 39.5 Å². The average Bonchev–Trinajstić information content (AvgIpc) is 2.15. The summed E-state index contributed by atoms with van der Waals surface area (Å²) in [6, 6.07) is 4.96. The van der Waals surface area contributed by atoms with Gasteiger partial charge in [-0.25, -0.2) is 4.39 Å². The standard InChI is InChI=1S/C13H19FO/c1-5-8-15-10-6-7-12(14)11(9-10)13(2,3)4/h6-7,9H,5,8H2,1-4H3. The summed E-state index contributed by atoms with van der Waals surface area (Å²) in [5, 5.41) is 0. The predicted molar refractivity (Wildman–Crippen MR) is 60.9 cm³/mol. The molecule has 0 aliphatic rings. The molecule has 0 atom stereocenters. The smallest absolute Gasteiger partial charge is 0.127 e. The molecule has 15 heavy (non-hydrogen) atoms. The summed E-state index contributed by atoms with van der Waals surface area (Å²) in [5.74, 6) is 0.592. The van der Waals surface area contributed by atoms with E-state index in [0.717, 1.165) is 12.2 Å². The Kier molecular flexibility index (Phi) is 3.72. The summed E-state index contributed by atoms with van der Waals surface area (Å²) in [4.78, 5) is 0. The topological polar surface area (TPSA) is 9.23 Å². The van der Waals surface area contributed by atoms with E-state index in [9.17, 15) is 4.39 Å². The van der Waals surface area contributed by atoms with Gasteiger partial charge in [0.05, 0.1) is 6.61 Å². The van der Waals surface area contributed by atoms with Gasteiger partial charge in [0.2, 0.25) is 0 Å². The molecule has 0 spiro atoms.